The zero-order valence-corrected chi connectivity index (χ0v) is 19.5. The molecule has 1 aliphatic carbocycles. The van der Waals surface area contributed by atoms with Gasteiger partial charge in [0.05, 0.1) is 6.10 Å². The summed E-state index contributed by atoms with van der Waals surface area (Å²) in [6, 6.07) is 9.97. The molecule has 1 aromatic rings. The molecule has 5 nitrogen and oxygen atoms in total. The first-order valence-electron chi connectivity index (χ1n) is 9.73. The largest absolute Gasteiger partial charge is 0.378 e. The van der Waals surface area contributed by atoms with Crippen LogP contribution in [0.2, 0.25) is 0 Å². The predicted octanol–water partition coefficient (Wildman–Crippen LogP) is 3.46. The van der Waals surface area contributed by atoms with E-state index in [0.717, 1.165) is 31.1 Å². The van der Waals surface area contributed by atoms with Crippen LogP contribution in [0.3, 0.4) is 0 Å². The summed E-state index contributed by atoms with van der Waals surface area (Å²) in [5.41, 5.74) is 1.12. The lowest BCUT2D eigenvalue weighted by Gasteiger charge is -2.22. The summed E-state index contributed by atoms with van der Waals surface area (Å²) in [5, 5.41) is 6.52. The minimum absolute atomic E-state index is 0. The van der Waals surface area contributed by atoms with Crippen molar-refractivity contribution in [2.45, 2.75) is 50.4 Å². The van der Waals surface area contributed by atoms with Gasteiger partial charge in [-0.3, -0.25) is 9.20 Å². The monoisotopic (exact) mass is 507 g/mol. The molecule has 0 amide bonds. The summed E-state index contributed by atoms with van der Waals surface area (Å²) in [6.45, 7) is 2.28. The Bertz CT molecular complexity index is 551. The van der Waals surface area contributed by atoms with E-state index in [1.807, 2.05) is 30.3 Å². The van der Waals surface area contributed by atoms with E-state index in [1.165, 1.54) is 32.1 Å². The van der Waals surface area contributed by atoms with Crippen molar-refractivity contribution in [2.24, 2.45) is 4.99 Å². The molecule has 0 spiro atoms. The fourth-order valence-corrected chi connectivity index (χ4v) is 4.14. The normalized spacial score (nSPS) is 16.4. The van der Waals surface area contributed by atoms with Crippen LogP contribution in [0.4, 0.5) is 0 Å². The van der Waals surface area contributed by atoms with E-state index in [0.29, 0.717) is 24.2 Å². The highest BCUT2D eigenvalue weighted by molar-refractivity contribution is 14.0. The van der Waals surface area contributed by atoms with Gasteiger partial charge in [0.2, 0.25) is 0 Å². The molecule has 0 aromatic heterocycles. The Labute approximate surface area is 183 Å². The third-order valence-electron chi connectivity index (χ3n) is 4.54. The molecule has 1 aromatic carbocycles. The molecular weight excluding hydrogens is 473 g/mol. The number of guanidine groups is 1. The second-order valence-corrected chi connectivity index (χ2v) is 8.26. The van der Waals surface area contributed by atoms with Crippen LogP contribution in [0.15, 0.2) is 35.3 Å². The van der Waals surface area contributed by atoms with Crippen LogP contribution in [0.25, 0.3) is 0 Å². The Morgan fingerprint density at radius 1 is 1.15 bits per heavy atom. The molecule has 7 heteroatoms. The summed E-state index contributed by atoms with van der Waals surface area (Å²) in [5.74, 6) is 1.98. The van der Waals surface area contributed by atoms with Crippen molar-refractivity contribution < 1.29 is 8.95 Å². The fraction of sp³-hybridized carbons (Fsp3) is 0.650. The van der Waals surface area contributed by atoms with Gasteiger partial charge in [-0.1, -0.05) is 49.6 Å². The lowest BCUT2D eigenvalue weighted by atomic mass is 9.98. The van der Waals surface area contributed by atoms with Gasteiger partial charge < -0.3 is 15.4 Å². The van der Waals surface area contributed by atoms with Gasteiger partial charge in [-0.25, -0.2) is 0 Å². The number of benzene rings is 1. The highest BCUT2D eigenvalue weighted by Gasteiger charge is 2.13. The van der Waals surface area contributed by atoms with E-state index < -0.39 is 10.8 Å². The zero-order valence-electron chi connectivity index (χ0n) is 16.3. The number of hydrogen-bond acceptors (Lipinski definition) is 3. The maximum atomic E-state index is 12.1. The number of rotatable bonds is 10. The Morgan fingerprint density at radius 3 is 2.56 bits per heavy atom. The van der Waals surface area contributed by atoms with Gasteiger partial charge in [-0.2, -0.15) is 0 Å². The molecule has 2 N–H and O–H groups in total. The summed E-state index contributed by atoms with van der Waals surface area (Å²) in [6.07, 6.45) is 7.86. The Kier molecular flexibility index (Phi) is 13.8. The minimum Gasteiger partial charge on any atom is -0.378 e. The number of hydrogen-bond donors (Lipinski definition) is 2. The Morgan fingerprint density at radius 2 is 1.85 bits per heavy atom. The molecule has 1 unspecified atom stereocenters. The molecule has 0 heterocycles. The third-order valence-corrected chi connectivity index (χ3v) is 5.85. The standard InChI is InChI=1S/C20H33N3O2S.HI/c1-21-20(22-13-8-15-25-19-11-6-3-7-12-19)23-14-16-26(24)17-18-9-4-2-5-10-18;/h2,4-5,9-10,19H,3,6-8,11-17H2,1H3,(H2,21,22,23);1H. The molecular formula is C20H34IN3O2S. The van der Waals surface area contributed by atoms with Crippen molar-refractivity contribution in [1.82, 2.24) is 10.6 Å². The predicted molar refractivity (Wildman–Crippen MR) is 125 cm³/mol. The summed E-state index contributed by atoms with van der Waals surface area (Å²) in [7, 11) is 0.892. The van der Waals surface area contributed by atoms with E-state index in [9.17, 15) is 4.21 Å². The van der Waals surface area contributed by atoms with Crippen molar-refractivity contribution in [2.75, 3.05) is 32.5 Å². The zero-order chi connectivity index (χ0) is 18.5. The molecule has 27 heavy (non-hydrogen) atoms. The van der Waals surface area contributed by atoms with Gasteiger partial charge >= 0.3 is 0 Å². The number of aliphatic imine (C=N–C) groups is 1. The van der Waals surface area contributed by atoms with Crippen molar-refractivity contribution >= 4 is 40.7 Å². The first-order valence-corrected chi connectivity index (χ1v) is 11.2. The van der Waals surface area contributed by atoms with Gasteiger partial charge in [0.1, 0.15) is 0 Å². The van der Waals surface area contributed by atoms with Crippen LogP contribution < -0.4 is 10.6 Å². The van der Waals surface area contributed by atoms with Crippen molar-refractivity contribution in [1.29, 1.82) is 0 Å². The molecule has 0 aliphatic heterocycles. The smallest absolute Gasteiger partial charge is 0.191 e. The van der Waals surface area contributed by atoms with Gasteiger partial charge in [0.15, 0.2) is 5.96 Å². The van der Waals surface area contributed by atoms with Gasteiger partial charge in [0, 0.05) is 49.0 Å². The third kappa shape index (κ3) is 11.0. The maximum Gasteiger partial charge on any atom is 0.191 e. The lowest BCUT2D eigenvalue weighted by Crippen LogP contribution is -2.39. The average molecular weight is 507 g/mol. The van der Waals surface area contributed by atoms with E-state index in [2.05, 4.69) is 15.6 Å². The molecule has 0 radical (unpaired) electrons. The summed E-state index contributed by atoms with van der Waals surface area (Å²) < 4.78 is 18.1. The van der Waals surface area contributed by atoms with Crippen LogP contribution >= 0.6 is 24.0 Å². The number of nitrogens with one attached hydrogen (secondary N) is 2. The van der Waals surface area contributed by atoms with Gasteiger partial charge in [-0.05, 0) is 24.8 Å². The van der Waals surface area contributed by atoms with Crippen LogP contribution in [0.1, 0.15) is 44.1 Å². The van der Waals surface area contributed by atoms with Crippen LogP contribution in [0, 0.1) is 0 Å². The average Bonchev–Trinajstić information content (AvgIpc) is 2.68. The van der Waals surface area contributed by atoms with E-state index in [1.54, 1.807) is 7.05 Å². The van der Waals surface area contributed by atoms with Gasteiger partial charge in [-0.15, -0.1) is 24.0 Å². The second kappa shape index (κ2) is 15.3. The first-order chi connectivity index (χ1) is 12.8. The molecule has 0 bridgehead atoms. The van der Waals surface area contributed by atoms with Crippen LogP contribution in [-0.2, 0) is 21.3 Å². The van der Waals surface area contributed by atoms with Crippen molar-refractivity contribution in [3.63, 3.8) is 0 Å². The summed E-state index contributed by atoms with van der Waals surface area (Å²) in [4.78, 5) is 4.21. The quantitative estimate of drug-likeness (QED) is 0.221. The molecule has 154 valence electrons. The molecule has 0 saturated heterocycles. The highest BCUT2D eigenvalue weighted by atomic mass is 127. The molecule has 1 atom stereocenters. The minimum atomic E-state index is -0.866. The fourth-order valence-electron chi connectivity index (χ4n) is 3.10. The Hall–Kier alpha value is -0.670. The lowest BCUT2D eigenvalue weighted by molar-refractivity contribution is 0.0277. The van der Waals surface area contributed by atoms with Crippen molar-refractivity contribution in [3.05, 3.63) is 35.9 Å². The van der Waals surface area contributed by atoms with Crippen LogP contribution in [-0.4, -0.2) is 48.8 Å². The van der Waals surface area contributed by atoms with E-state index >= 15 is 0 Å². The van der Waals surface area contributed by atoms with Crippen LogP contribution in [0.5, 0.6) is 0 Å². The summed E-state index contributed by atoms with van der Waals surface area (Å²) >= 11 is 0. The van der Waals surface area contributed by atoms with Crippen molar-refractivity contribution in [3.8, 4) is 0 Å². The number of ether oxygens (including phenoxy) is 1. The number of halogens is 1. The SMILES string of the molecule is CN=C(NCCCOC1CCCCC1)NCCS(=O)Cc1ccccc1.I. The van der Waals surface area contributed by atoms with Gasteiger partial charge in [0.25, 0.3) is 0 Å². The number of nitrogens with zero attached hydrogens (tertiary/aromatic N) is 1. The Balaban J connectivity index is 0.00000364. The second-order valence-electron chi connectivity index (χ2n) is 6.68. The molecule has 1 saturated carbocycles. The molecule has 1 fully saturated rings. The highest BCUT2D eigenvalue weighted by Crippen LogP contribution is 2.20. The first kappa shape index (κ1) is 24.4. The van der Waals surface area contributed by atoms with E-state index in [-0.39, 0.29) is 24.0 Å². The topological polar surface area (TPSA) is 62.7 Å². The molecule has 2 rings (SSSR count). The van der Waals surface area contributed by atoms with E-state index in [4.69, 9.17) is 4.74 Å². The molecule has 1 aliphatic rings. The maximum absolute atomic E-state index is 12.1.